The Morgan fingerprint density at radius 2 is 2.23 bits per heavy atom. The minimum Gasteiger partial charge on any atom is -0.243 e. The van der Waals surface area contributed by atoms with Crippen molar-refractivity contribution < 1.29 is 8.78 Å². The normalized spacial score (nSPS) is 10.2. The van der Waals surface area contributed by atoms with Crippen LogP contribution in [-0.4, -0.2) is 4.98 Å². The number of nitriles is 1. The van der Waals surface area contributed by atoms with E-state index in [0.29, 0.717) is 0 Å². The first-order valence-corrected chi connectivity index (χ1v) is 4.55. The van der Waals surface area contributed by atoms with Gasteiger partial charge in [-0.15, -0.1) is 0 Å². The van der Waals surface area contributed by atoms with Gasteiger partial charge in [-0.05, 0) is 22.6 Å². The Morgan fingerprint density at radius 3 is 2.69 bits per heavy atom. The van der Waals surface area contributed by atoms with E-state index in [-0.39, 0.29) is 14.3 Å². The van der Waals surface area contributed by atoms with Crippen LogP contribution in [0.1, 0.15) is 17.7 Å². The van der Waals surface area contributed by atoms with Crippen molar-refractivity contribution in [2.45, 2.75) is 6.43 Å². The van der Waals surface area contributed by atoms with Crippen LogP contribution in [0.3, 0.4) is 0 Å². The second-order valence-corrected chi connectivity index (χ2v) is 3.58. The van der Waals surface area contributed by atoms with Crippen LogP contribution in [0.2, 0.25) is 5.02 Å². The van der Waals surface area contributed by atoms with Crippen LogP contribution in [0.5, 0.6) is 0 Å². The fraction of sp³-hybridized carbons (Fsp3) is 0.143. The Labute approximate surface area is 91.7 Å². The molecule has 0 aromatic carbocycles. The summed E-state index contributed by atoms with van der Waals surface area (Å²) in [7, 11) is 0. The van der Waals surface area contributed by atoms with Gasteiger partial charge in [-0.2, -0.15) is 5.26 Å². The van der Waals surface area contributed by atoms with E-state index in [0.717, 1.165) is 0 Å². The van der Waals surface area contributed by atoms with E-state index in [2.05, 4.69) is 4.98 Å². The molecule has 0 saturated carbocycles. The van der Waals surface area contributed by atoms with E-state index in [4.69, 9.17) is 16.9 Å². The van der Waals surface area contributed by atoms with Gasteiger partial charge in [-0.25, -0.2) is 13.8 Å². The molecule has 0 fully saturated rings. The molecule has 0 aliphatic heterocycles. The van der Waals surface area contributed by atoms with E-state index in [1.165, 1.54) is 6.20 Å². The minimum absolute atomic E-state index is 0.134. The summed E-state index contributed by atoms with van der Waals surface area (Å²) in [5.41, 5.74) is -0.667. The van der Waals surface area contributed by atoms with Gasteiger partial charge in [0.1, 0.15) is 11.8 Å². The lowest BCUT2D eigenvalue weighted by atomic mass is 10.2. The van der Waals surface area contributed by atoms with Crippen molar-refractivity contribution >= 4 is 34.2 Å². The zero-order valence-corrected chi connectivity index (χ0v) is 8.97. The molecule has 68 valence electrons. The van der Waals surface area contributed by atoms with Crippen LogP contribution >= 0.6 is 34.2 Å². The second kappa shape index (κ2) is 4.15. The van der Waals surface area contributed by atoms with Crippen molar-refractivity contribution in [3.05, 3.63) is 26.0 Å². The number of nitrogens with zero attached hydrogens (tertiary/aromatic N) is 2. The number of aromatic nitrogens is 1. The maximum absolute atomic E-state index is 12.4. The number of hydrogen-bond donors (Lipinski definition) is 0. The summed E-state index contributed by atoms with van der Waals surface area (Å²) in [6.07, 6.45) is -1.54. The van der Waals surface area contributed by atoms with E-state index in [9.17, 15) is 8.78 Å². The number of rotatable bonds is 1. The molecule has 0 saturated heterocycles. The van der Waals surface area contributed by atoms with Crippen LogP contribution in [0.4, 0.5) is 8.78 Å². The first kappa shape index (κ1) is 10.6. The molecule has 1 aromatic rings. The average molecular weight is 314 g/mol. The lowest BCUT2D eigenvalue weighted by Crippen LogP contribution is -1.98. The predicted octanol–water partition coefficient (Wildman–Crippen LogP) is 3.15. The van der Waals surface area contributed by atoms with Gasteiger partial charge < -0.3 is 0 Å². The SMILES string of the molecule is N#Cc1ncc(Cl)c(I)c1C(F)F. The average Bonchev–Trinajstić information content (AvgIpc) is 2.08. The zero-order valence-electron chi connectivity index (χ0n) is 6.06. The molecule has 0 unspecified atom stereocenters. The molecule has 0 aliphatic carbocycles. The Bertz CT molecular complexity index is 375. The van der Waals surface area contributed by atoms with Gasteiger partial charge in [0, 0.05) is 9.77 Å². The summed E-state index contributed by atoms with van der Waals surface area (Å²) in [5, 5.41) is 8.62. The standard InChI is InChI=1S/C7H2ClF2IN2/c8-3-2-13-4(1-12)5(6(3)11)7(9)10/h2,7H. The summed E-state index contributed by atoms with van der Waals surface area (Å²) in [6.45, 7) is 0. The molecular weight excluding hydrogens is 312 g/mol. The molecule has 0 N–H and O–H groups in total. The summed E-state index contributed by atoms with van der Waals surface area (Å²) in [4.78, 5) is 3.50. The topological polar surface area (TPSA) is 36.7 Å². The molecule has 6 heteroatoms. The molecule has 0 atom stereocenters. The Balaban J connectivity index is 3.43. The highest BCUT2D eigenvalue weighted by Gasteiger charge is 2.19. The quantitative estimate of drug-likeness (QED) is 0.747. The van der Waals surface area contributed by atoms with Crippen LogP contribution in [0, 0.1) is 14.9 Å². The van der Waals surface area contributed by atoms with E-state index in [1.807, 2.05) is 0 Å². The summed E-state index contributed by atoms with van der Waals surface area (Å²) >= 11 is 7.24. The molecule has 1 heterocycles. The van der Waals surface area contributed by atoms with Crippen LogP contribution in [0.25, 0.3) is 0 Å². The molecule has 0 amide bonds. The van der Waals surface area contributed by atoms with E-state index >= 15 is 0 Å². The minimum atomic E-state index is -2.73. The molecule has 13 heavy (non-hydrogen) atoms. The third-order valence-corrected chi connectivity index (χ3v) is 3.10. The Hall–Kier alpha value is -0.480. The molecule has 0 aliphatic rings. The van der Waals surface area contributed by atoms with Gasteiger partial charge in [-0.1, -0.05) is 11.6 Å². The molecular formula is C7H2ClF2IN2. The van der Waals surface area contributed by atoms with Crippen molar-refractivity contribution in [2.75, 3.05) is 0 Å². The van der Waals surface area contributed by atoms with Crippen LogP contribution < -0.4 is 0 Å². The monoisotopic (exact) mass is 314 g/mol. The third kappa shape index (κ3) is 2.06. The molecule has 0 radical (unpaired) electrons. The largest absolute Gasteiger partial charge is 0.267 e. The zero-order chi connectivity index (χ0) is 10.0. The molecule has 1 rings (SSSR count). The smallest absolute Gasteiger partial charge is 0.243 e. The fourth-order valence-electron chi connectivity index (χ4n) is 0.768. The number of alkyl halides is 2. The van der Waals surface area contributed by atoms with Gasteiger partial charge in [0.2, 0.25) is 0 Å². The highest BCUT2D eigenvalue weighted by molar-refractivity contribution is 14.1. The Morgan fingerprint density at radius 1 is 1.62 bits per heavy atom. The highest BCUT2D eigenvalue weighted by Crippen LogP contribution is 2.30. The van der Waals surface area contributed by atoms with Gasteiger partial charge >= 0.3 is 0 Å². The third-order valence-electron chi connectivity index (χ3n) is 1.33. The van der Waals surface area contributed by atoms with Gasteiger partial charge in [0.25, 0.3) is 6.43 Å². The van der Waals surface area contributed by atoms with Crippen molar-refractivity contribution in [1.29, 1.82) is 5.26 Å². The molecule has 1 aromatic heterocycles. The van der Waals surface area contributed by atoms with Crippen LogP contribution in [-0.2, 0) is 0 Å². The van der Waals surface area contributed by atoms with Crippen molar-refractivity contribution in [2.24, 2.45) is 0 Å². The Kier molecular flexibility index (Phi) is 3.39. The van der Waals surface area contributed by atoms with Crippen LogP contribution in [0.15, 0.2) is 6.20 Å². The van der Waals surface area contributed by atoms with E-state index in [1.54, 1.807) is 28.7 Å². The molecule has 2 nitrogen and oxygen atoms in total. The van der Waals surface area contributed by atoms with Gasteiger partial charge in [-0.3, -0.25) is 0 Å². The first-order valence-electron chi connectivity index (χ1n) is 3.10. The lowest BCUT2D eigenvalue weighted by molar-refractivity contribution is 0.149. The predicted molar refractivity (Wildman–Crippen MR) is 51.6 cm³/mol. The highest BCUT2D eigenvalue weighted by atomic mass is 127. The maximum atomic E-state index is 12.4. The number of hydrogen-bond acceptors (Lipinski definition) is 2. The van der Waals surface area contributed by atoms with Crippen molar-refractivity contribution in [3.63, 3.8) is 0 Å². The van der Waals surface area contributed by atoms with Gasteiger partial charge in [0.05, 0.1) is 10.6 Å². The summed E-state index contributed by atoms with van der Waals surface area (Å²) in [6, 6.07) is 1.59. The van der Waals surface area contributed by atoms with Crippen molar-refractivity contribution in [3.8, 4) is 6.07 Å². The molecule has 0 spiro atoms. The van der Waals surface area contributed by atoms with E-state index < -0.39 is 12.0 Å². The maximum Gasteiger partial charge on any atom is 0.267 e. The first-order chi connectivity index (χ1) is 6.07. The summed E-state index contributed by atoms with van der Waals surface area (Å²) < 4.78 is 25.0. The fourth-order valence-corrected chi connectivity index (χ4v) is 1.55. The second-order valence-electron chi connectivity index (χ2n) is 2.09. The summed E-state index contributed by atoms with van der Waals surface area (Å²) in [5.74, 6) is 0. The van der Waals surface area contributed by atoms with Gasteiger partial charge in [0.15, 0.2) is 0 Å². The number of halogens is 4. The van der Waals surface area contributed by atoms with Crippen molar-refractivity contribution in [1.82, 2.24) is 4.98 Å². The number of pyridine rings is 1. The lowest BCUT2D eigenvalue weighted by Gasteiger charge is -2.05. The molecule has 0 bridgehead atoms.